The average molecular weight is 354 g/mol. The highest BCUT2D eigenvalue weighted by Gasteiger charge is 2.40. The summed E-state index contributed by atoms with van der Waals surface area (Å²) in [6.45, 7) is 5.89. The van der Waals surface area contributed by atoms with Crippen molar-refractivity contribution < 1.29 is 19.4 Å². The number of piperazine rings is 1. The summed E-state index contributed by atoms with van der Waals surface area (Å²) in [6, 6.07) is 0.339. The number of piperidine rings is 1. The first-order chi connectivity index (χ1) is 11.9. The number of carbonyl (C=O) groups is 2. The number of ether oxygens (including phenoxy) is 1. The number of rotatable bonds is 5. The van der Waals surface area contributed by atoms with Crippen LogP contribution in [-0.2, 0) is 9.53 Å². The molecule has 0 aromatic rings. The molecule has 0 bridgehead atoms. The van der Waals surface area contributed by atoms with Crippen LogP contribution < -0.4 is 0 Å². The zero-order valence-electron chi connectivity index (χ0n) is 15.3. The molecular formula is C17H30N4O4. The smallest absolute Gasteiger partial charge is 0.411 e. The molecule has 8 nitrogen and oxygen atoms in total. The lowest BCUT2D eigenvalue weighted by atomic mass is 9.87. The summed E-state index contributed by atoms with van der Waals surface area (Å²) in [6.07, 6.45) is 2.04. The Morgan fingerprint density at radius 3 is 2.48 bits per heavy atom. The molecule has 0 spiro atoms. The highest BCUT2D eigenvalue weighted by molar-refractivity contribution is 5.69. The van der Waals surface area contributed by atoms with Crippen LogP contribution in [0, 0.1) is 5.92 Å². The molecule has 142 valence electrons. The zero-order chi connectivity index (χ0) is 18.0. The Balaban J connectivity index is 1.65. The minimum atomic E-state index is -0.740. The van der Waals surface area contributed by atoms with Gasteiger partial charge in [-0.05, 0) is 38.9 Å². The van der Waals surface area contributed by atoms with Gasteiger partial charge in [-0.25, -0.2) is 4.79 Å². The maximum absolute atomic E-state index is 11.7. The number of likely N-dealkylation sites (tertiary alicyclic amines) is 1. The second-order valence-corrected chi connectivity index (χ2v) is 7.60. The Hall–Kier alpha value is -1.38. The quantitative estimate of drug-likeness (QED) is 0.756. The third-order valence-corrected chi connectivity index (χ3v) is 5.87. The van der Waals surface area contributed by atoms with Crippen LogP contribution in [0.25, 0.3) is 0 Å². The van der Waals surface area contributed by atoms with Gasteiger partial charge in [0.15, 0.2) is 6.23 Å². The lowest BCUT2D eigenvalue weighted by Crippen LogP contribution is -2.60. The number of cyclic esters (lactones) is 1. The van der Waals surface area contributed by atoms with E-state index in [2.05, 4.69) is 21.7 Å². The van der Waals surface area contributed by atoms with Gasteiger partial charge in [0.2, 0.25) is 0 Å². The van der Waals surface area contributed by atoms with Crippen molar-refractivity contribution in [3.05, 3.63) is 0 Å². The Bertz CT molecular complexity index is 495. The van der Waals surface area contributed by atoms with E-state index in [-0.39, 0.29) is 18.7 Å². The van der Waals surface area contributed by atoms with Crippen LogP contribution >= 0.6 is 0 Å². The number of nitrogens with zero attached hydrogens (tertiary/aromatic N) is 4. The van der Waals surface area contributed by atoms with Gasteiger partial charge in [0.05, 0.1) is 13.0 Å². The van der Waals surface area contributed by atoms with Crippen molar-refractivity contribution in [2.24, 2.45) is 5.92 Å². The van der Waals surface area contributed by atoms with E-state index in [0.29, 0.717) is 25.0 Å². The predicted molar refractivity (Wildman–Crippen MR) is 92.3 cm³/mol. The molecule has 3 aliphatic heterocycles. The lowest BCUT2D eigenvalue weighted by molar-refractivity contribution is -0.138. The highest BCUT2D eigenvalue weighted by Crippen LogP contribution is 2.28. The number of hydrogen-bond acceptors (Lipinski definition) is 6. The average Bonchev–Trinajstić information content (AvgIpc) is 2.93. The Kier molecular flexibility index (Phi) is 5.81. The van der Waals surface area contributed by atoms with Crippen molar-refractivity contribution in [3.8, 4) is 0 Å². The first kappa shape index (κ1) is 18.4. The molecule has 3 saturated heterocycles. The summed E-state index contributed by atoms with van der Waals surface area (Å²) in [7, 11) is 3.92. The van der Waals surface area contributed by atoms with E-state index in [1.807, 2.05) is 0 Å². The topological polar surface area (TPSA) is 76.6 Å². The SMILES string of the molecule is CN1CCC(C2CN(C3CN(C)C(=O)O3)CCN2CCC(=O)O)CC1. The molecule has 0 aliphatic carbocycles. The number of carboxylic acid groups (broad SMARTS) is 1. The number of aliphatic carboxylic acids is 1. The molecule has 25 heavy (non-hydrogen) atoms. The molecule has 0 radical (unpaired) electrons. The second kappa shape index (κ2) is 7.88. The summed E-state index contributed by atoms with van der Waals surface area (Å²) in [4.78, 5) is 31.3. The van der Waals surface area contributed by atoms with E-state index in [0.717, 1.165) is 45.6 Å². The fourth-order valence-electron chi connectivity index (χ4n) is 4.25. The summed E-state index contributed by atoms with van der Waals surface area (Å²) in [5.74, 6) is -0.168. The maximum atomic E-state index is 11.7. The van der Waals surface area contributed by atoms with E-state index >= 15 is 0 Å². The number of carboxylic acids is 1. The monoisotopic (exact) mass is 354 g/mol. The van der Waals surface area contributed by atoms with Gasteiger partial charge in [-0.1, -0.05) is 0 Å². The molecule has 2 atom stereocenters. The molecule has 3 aliphatic rings. The Morgan fingerprint density at radius 2 is 1.88 bits per heavy atom. The minimum absolute atomic E-state index is 0.173. The van der Waals surface area contributed by atoms with Crippen molar-refractivity contribution in [2.45, 2.75) is 31.5 Å². The Morgan fingerprint density at radius 1 is 1.16 bits per heavy atom. The van der Waals surface area contributed by atoms with Crippen molar-refractivity contribution in [1.29, 1.82) is 0 Å². The molecule has 3 fully saturated rings. The standard InChI is InChI=1S/C17H30N4O4/c1-18-6-3-13(4-7-18)14-11-21(15-12-19(2)17(24)25-15)10-9-20(14)8-5-16(22)23/h13-15H,3-12H2,1-2H3,(H,22,23). The highest BCUT2D eigenvalue weighted by atomic mass is 16.6. The van der Waals surface area contributed by atoms with Crippen LogP contribution in [0.4, 0.5) is 4.79 Å². The molecule has 3 heterocycles. The molecule has 0 aromatic heterocycles. The van der Waals surface area contributed by atoms with Gasteiger partial charge in [0.25, 0.3) is 0 Å². The van der Waals surface area contributed by atoms with E-state index < -0.39 is 5.97 Å². The zero-order valence-corrected chi connectivity index (χ0v) is 15.3. The molecule has 0 aromatic carbocycles. The van der Waals surface area contributed by atoms with Gasteiger partial charge >= 0.3 is 12.1 Å². The van der Waals surface area contributed by atoms with Gasteiger partial charge in [-0.3, -0.25) is 14.6 Å². The van der Waals surface area contributed by atoms with Gasteiger partial charge < -0.3 is 19.6 Å². The fourth-order valence-corrected chi connectivity index (χ4v) is 4.25. The number of amides is 1. The normalized spacial score (nSPS) is 30.6. The Labute approximate surface area is 149 Å². The van der Waals surface area contributed by atoms with Crippen LogP contribution in [0.2, 0.25) is 0 Å². The number of hydrogen-bond donors (Lipinski definition) is 1. The van der Waals surface area contributed by atoms with Crippen molar-refractivity contribution in [2.75, 3.05) is 59.9 Å². The van der Waals surface area contributed by atoms with Crippen molar-refractivity contribution >= 4 is 12.1 Å². The van der Waals surface area contributed by atoms with Crippen LogP contribution in [0.3, 0.4) is 0 Å². The van der Waals surface area contributed by atoms with Crippen LogP contribution in [0.15, 0.2) is 0 Å². The molecule has 3 rings (SSSR count). The molecule has 2 unspecified atom stereocenters. The van der Waals surface area contributed by atoms with E-state index in [9.17, 15) is 9.59 Å². The number of carbonyl (C=O) groups excluding carboxylic acids is 1. The molecule has 8 heteroatoms. The summed E-state index contributed by atoms with van der Waals surface area (Å²) >= 11 is 0. The molecule has 1 amide bonds. The molecule has 1 N–H and O–H groups in total. The van der Waals surface area contributed by atoms with Crippen molar-refractivity contribution in [1.82, 2.24) is 19.6 Å². The van der Waals surface area contributed by atoms with Gasteiger partial charge in [0.1, 0.15) is 0 Å². The molecular weight excluding hydrogens is 324 g/mol. The molecule has 0 saturated carbocycles. The summed E-state index contributed by atoms with van der Waals surface area (Å²) in [5.41, 5.74) is 0. The maximum Gasteiger partial charge on any atom is 0.411 e. The largest absolute Gasteiger partial charge is 0.481 e. The predicted octanol–water partition coefficient (Wildman–Crippen LogP) is 0.197. The van der Waals surface area contributed by atoms with Gasteiger partial charge in [-0.15, -0.1) is 0 Å². The van der Waals surface area contributed by atoms with E-state index in [1.165, 1.54) is 0 Å². The third-order valence-electron chi connectivity index (χ3n) is 5.87. The van der Waals surface area contributed by atoms with E-state index in [1.54, 1.807) is 11.9 Å². The first-order valence-corrected chi connectivity index (χ1v) is 9.24. The van der Waals surface area contributed by atoms with E-state index in [4.69, 9.17) is 9.84 Å². The minimum Gasteiger partial charge on any atom is -0.481 e. The number of likely N-dealkylation sites (N-methyl/N-ethyl adjacent to an activating group) is 1. The first-order valence-electron chi connectivity index (χ1n) is 9.24. The van der Waals surface area contributed by atoms with Crippen LogP contribution in [0.5, 0.6) is 0 Å². The van der Waals surface area contributed by atoms with Crippen molar-refractivity contribution in [3.63, 3.8) is 0 Å². The summed E-state index contributed by atoms with van der Waals surface area (Å²) < 4.78 is 5.49. The lowest BCUT2D eigenvalue weighted by Gasteiger charge is -2.47. The second-order valence-electron chi connectivity index (χ2n) is 7.60. The fraction of sp³-hybridized carbons (Fsp3) is 0.882. The van der Waals surface area contributed by atoms with Gasteiger partial charge in [0, 0.05) is 39.3 Å². The van der Waals surface area contributed by atoms with Crippen LogP contribution in [0.1, 0.15) is 19.3 Å². The van der Waals surface area contributed by atoms with Gasteiger partial charge in [-0.2, -0.15) is 0 Å². The third kappa shape index (κ3) is 4.43. The van der Waals surface area contributed by atoms with Crippen LogP contribution in [-0.4, -0.2) is 109 Å². The summed E-state index contributed by atoms with van der Waals surface area (Å²) in [5, 5.41) is 9.05.